The fraction of sp³-hybridized carbons (Fsp3) is 0.897. The summed E-state index contributed by atoms with van der Waals surface area (Å²) < 4.78 is 108. The van der Waals surface area contributed by atoms with Gasteiger partial charge in [0.05, 0.1) is 62.6 Å². The number of carbonyl (C=O) groups excluding carboxylic acids is 6. The number of aliphatic carboxylic acids is 2. The first-order valence-electron chi connectivity index (χ1n) is 42.9. The quantitative estimate of drug-likeness (QED) is 0.0188. The van der Waals surface area contributed by atoms with Crippen LogP contribution in [-0.4, -0.2) is 198 Å². The molecule has 0 aromatic heterocycles. The van der Waals surface area contributed by atoms with Gasteiger partial charge < -0.3 is 78.5 Å². The molecule has 123 heavy (non-hydrogen) atoms. The SMILES string of the molecule is C.C.C.C.CCCCCC[Si](C)(O[Si](C)(C)C)O[Si](C)(C)O[Si](C)(CCCC(CC(=O)O)C(=O)OCCC[Si](C)(C)O[Si](C)(C)O[Si](C)(C)CCCOC(=O)C(CCC[Si](C)(O[Si](C)(C)O[Si](C)(CCCCCC)O[Si](C)(C)C)O[Si](C)(CCCC1CC(=O)OC1=O)O[Si](C)(C)C)CC(=O)O)O[Si](C)(CCCC1CC(=O)OC1=O)O[Si](C)(C)C.[W].[W].[Y].[Y]. The van der Waals surface area contributed by atoms with Gasteiger partial charge in [0.25, 0.3) is 0 Å². The Hall–Kier alpha value is 2.52. The molecule has 0 aliphatic carbocycles. The van der Waals surface area contributed by atoms with Crippen LogP contribution in [0.1, 0.15) is 185 Å². The largest absolute Gasteiger partial charge is 0.481 e. The van der Waals surface area contributed by atoms with Crippen molar-refractivity contribution in [2.24, 2.45) is 23.7 Å². The maximum Gasteiger partial charge on any atom is 0.317 e. The van der Waals surface area contributed by atoms with Crippen molar-refractivity contribution in [3.8, 4) is 0 Å². The summed E-state index contributed by atoms with van der Waals surface area (Å²) in [5, 5.41) is 20.4. The Morgan fingerprint density at radius 2 is 0.577 bits per heavy atom. The van der Waals surface area contributed by atoms with Crippen molar-refractivity contribution in [2.45, 2.75) is 416 Å². The van der Waals surface area contributed by atoms with E-state index in [-0.39, 0.29) is 176 Å². The van der Waals surface area contributed by atoms with Crippen LogP contribution in [-0.2, 0) is 214 Å². The van der Waals surface area contributed by atoms with E-state index < -0.39 is 211 Å². The van der Waals surface area contributed by atoms with E-state index in [4.69, 9.17) is 68.3 Å². The van der Waals surface area contributed by atoms with Gasteiger partial charge in [0.1, 0.15) is 0 Å². The van der Waals surface area contributed by atoms with E-state index in [1.165, 1.54) is 0 Å². The van der Waals surface area contributed by atoms with Gasteiger partial charge in [0, 0.05) is 108 Å². The Bertz CT molecular complexity index is 2910. The summed E-state index contributed by atoms with van der Waals surface area (Å²) in [5.41, 5.74) is 0. The first-order valence-corrected chi connectivity index (χ1v) is 86.3. The predicted molar refractivity (Wildman–Crippen MR) is 515 cm³/mol. The van der Waals surface area contributed by atoms with Crippen LogP contribution in [0, 0.1) is 23.7 Å². The van der Waals surface area contributed by atoms with E-state index in [1.807, 2.05) is 65.5 Å². The van der Waals surface area contributed by atoms with Gasteiger partial charge in [-0.3, -0.25) is 38.4 Å². The van der Waals surface area contributed by atoms with E-state index in [2.05, 4.69) is 132 Å². The molecule has 0 aromatic rings. The molecule has 26 nitrogen and oxygen atoms in total. The van der Waals surface area contributed by atoms with Gasteiger partial charge in [0.2, 0.25) is 0 Å². The minimum atomic E-state index is -3.36. The van der Waals surface area contributed by atoms with Gasteiger partial charge in [-0.2, -0.15) is 0 Å². The molecule has 2 aliphatic heterocycles. The Morgan fingerprint density at radius 3 is 0.821 bits per heavy atom. The molecule has 2 N–H and O–H groups in total. The normalized spacial score (nSPS) is 18.4. The smallest absolute Gasteiger partial charge is 0.317 e. The molecule has 2 radical (unpaired) electrons. The van der Waals surface area contributed by atoms with Crippen molar-refractivity contribution in [3.05, 3.63) is 0 Å². The molecule has 10 unspecified atom stereocenters. The molecule has 2 fully saturated rings. The Labute approximate surface area is 843 Å². The summed E-state index contributed by atoms with van der Waals surface area (Å²) in [6, 6.07) is 4.80. The predicted octanol–water partition coefficient (Wildman–Crippen LogP) is 22.5. The van der Waals surface area contributed by atoms with Crippen molar-refractivity contribution >= 4 is 175 Å². The van der Waals surface area contributed by atoms with Gasteiger partial charge in [-0.1, -0.05) is 121 Å². The molecule has 45 heteroatoms. The van der Waals surface area contributed by atoms with Crippen molar-refractivity contribution in [3.63, 3.8) is 0 Å². The van der Waals surface area contributed by atoms with Crippen LogP contribution in [0.5, 0.6) is 0 Å². The van der Waals surface area contributed by atoms with E-state index in [1.54, 1.807) is 0 Å². The number of hydrogen-bond acceptors (Lipinski definition) is 24. The van der Waals surface area contributed by atoms with Crippen LogP contribution in [0.4, 0.5) is 0 Å². The maximum absolute atomic E-state index is 14.1. The van der Waals surface area contributed by atoms with E-state index in [0.29, 0.717) is 87.6 Å². The Kier molecular flexibility index (Phi) is 68.7. The van der Waals surface area contributed by atoms with E-state index in [9.17, 15) is 48.6 Å². The summed E-state index contributed by atoms with van der Waals surface area (Å²) in [7, 11) is -41.1. The van der Waals surface area contributed by atoms with E-state index in [0.717, 1.165) is 63.5 Å². The third-order valence-electron chi connectivity index (χ3n) is 19.3. The molecule has 722 valence electrons. The summed E-state index contributed by atoms with van der Waals surface area (Å²) in [5.74, 6) is -8.36. The summed E-state index contributed by atoms with van der Waals surface area (Å²) >= 11 is 0. The van der Waals surface area contributed by atoms with Crippen LogP contribution in [0.3, 0.4) is 0 Å². The fourth-order valence-corrected chi connectivity index (χ4v) is 89.4. The summed E-state index contributed by atoms with van der Waals surface area (Å²) in [4.78, 5) is 102. The van der Waals surface area contributed by atoms with E-state index >= 15 is 0 Å². The van der Waals surface area contributed by atoms with Crippen LogP contribution in [0.15, 0.2) is 0 Å². The number of ether oxygens (including phenoxy) is 4. The van der Waals surface area contributed by atoms with Crippen molar-refractivity contribution in [1.29, 1.82) is 0 Å². The number of hydrogen-bond donors (Lipinski definition) is 2. The fourth-order valence-electron chi connectivity index (χ4n) is 16.3. The van der Waals surface area contributed by atoms with Crippen LogP contribution in [0.2, 0.25) is 232 Å². The monoisotopic (exact) mass is 2490 g/mol. The zero-order chi connectivity index (χ0) is 88.4. The Balaban J connectivity index is -0.00000336. The average molecular weight is 2500 g/mol. The number of cyclic esters (lactones) is 4. The molecule has 2 heterocycles. The molecule has 0 spiro atoms. The first kappa shape index (κ1) is 139. The Morgan fingerprint density at radius 1 is 0.333 bits per heavy atom. The summed E-state index contributed by atoms with van der Waals surface area (Å²) in [6.45, 7) is 63.4. The van der Waals surface area contributed by atoms with Crippen molar-refractivity contribution < 1.29 is 224 Å². The second-order valence-corrected chi connectivity index (χ2v) is 99.6. The molecule has 2 saturated heterocycles. The van der Waals surface area contributed by atoms with Crippen LogP contribution >= 0.6 is 0 Å². The minimum Gasteiger partial charge on any atom is -0.481 e. The van der Waals surface area contributed by atoms with Gasteiger partial charge >= 0.3 is 125 Å². The molecule has 0 saturated carbocycles. The summed E-state index contributed by atoms with van der Waals surface area (Å²) in [6.07, 6.45) is 12.1. The van der Waals surface area contributed by atoms with Crippen LogP contribution in [0.25, 0.3) is 0 Å². The maximum atomic E-state index is 14.1. The molecule has 2 aliphatic rings. The molecule has 2 rings (SSSR count). The molecular weight excluding hydrogens is 2320 g/mol. The zero-order valence-corrected chi connectivity index (χ0v) is 106. The minimum absolute atomic E-state index is 0. The van der Waals surface area contributed by atoms with Gasteiger partial charge in [-0.25, -0.2) is 0 Å². The first-order chi connectivity index (χ1) is 52.2. The van der Waals surface area contributed by atoms with Gasteiger partial charge in [-0.05, 0) is 270 Å². The number of rotatable bonds is 64. The van der Waals surface area contributed by atoms with Gasteiger partial charge in [-0.15, -0.1) is 0 Å². The zero-order valence-electron chi connectivity index (χ0n) is 79.1. The van der Waals surface area contributed by atoms with Crippen molar-refractivity contribution in [2.75, 3.05) is 13.2 Å². The number of unbranched alkanes of at least 4 members (excludes halogenated alkanes) is 6. The third kappa shape index (κ3) is 62.8. The topological polar surface area (TPSA) is 325 Å². The third-order valence-corrected chi connectivity index (χ3v) is 76.7. The molecule has 0 aromatic carbocycles. The van der Waals surface area contributed by atoms with Gasteiger partial charge in [0.15, 0.2) is 49.9 Å². The molecule has 0 amide bonds. The number of esters is 6. The second kappa shape index (κ2) is 61.0. The molecule has 0 bridgehead atoms. The standard InChI is InChI=1S/C74H160O26Si15.4CH4.2W.2Y/c1-31-33-35-37-53-110(25,89-101(3,4)5)95-108(21,22)97-114(29,99-112(27,91-103(9,10)11)55-41-47-65-61-69(79)87-73(65)83)57-39-45-63(59-67(75)76)71(81)85-49-43-51-105(15,16)93-107(19,20)94-106(17,18)52-44-50-86-72(82)64(60-68(77)78)46-40-58-115(30,98-109(23,24)96-111(26,90-102(6,7)8)54-38-36-34-32-2)100-113(28,92-104(12,13)14)56-42-48-66-62-70(80)88-74(66)84;;;;;;;;/h63-66H,31-62H2,1-30H3,(H,75,76)(H,77,78);4*1H4;;;;. The number of carboxylic acids is 2. The molecule has 10 atom stereocenters. The van der Waals surface area contributed by atoms with Crippen LogP contribution < -0.4 is 0 Å². The average Bonchev–Trinajstić information content (AvgIpc) is 1.33. The molecular formula is C78H176O26Si15W2Y2. The number of carboxylic acid groups (broad SMARTS) is 2. The number of carbonyl (C=O) groups is 8. The second-order valence-electron chi connectivity index (χ2n) is 39.9. The van der Waals surface area contributed by atoms with Crippen molar-refractivity contribution in [1.82, 2.24) is 0 Å².